The minimum Gasteiger partial charge on any atom is -0.344 e. The molecule has 0 radical (unpaired) electrons. The molecular weight excluding hydrogens is 260 g/mol. The van der Waals surface area contributed by atoms with Crippen molar-refractivity contribution in [2.24, 2.45) is 10.7 Å². The molecule has 0 aliphatic carbocycles. The lowest BCUT2D eigenvalue weighted by Gasteiger charge is -2.08. The van der Waals surface area contributed by atoms with Crippen LogP contribution in [0.1, 0.15) is 37.7 Å². The molecule has 0 saturated carbocycles. The van der Waals surface area contributed by atoms with Gasteiger partial charge in [0.05, 0.1) is 0 Å². The molecule has 1 aliphatic rings. The van der Waals surface area contributed by atoms with E-state index in [0.717, 1.165) is 57.7 Å². The number of hydrogen-bond donors (Lipinski definition) is 3. The Labute approximate surface area is 128 Å². The van der Waals surface area contributed by atoms with Crippen molar-refractivity contribution in [2.45, 2.75) is 38.5 Å². The van der Waals surface area contributed by atoms with Gasteiger partial charge in [0.15, 0.2) is 0 Å². The van der Waals surface area contributed by atoms with Gasteiger partial charge in [0.25, 0.3) is 0 Å². The van der Waals surface area contributed by atoms with Gasteiger partial charge < -0.3 is 16.4 Å². The minimum atomic E-state index is 0.794. The maximum atomic E-state index is 5.47. The zero-order valence-electron chi connectivity index (χ0n) is 12.9. The average molecular weight is 288 g/mol. The number of nitrogens with two attached hydrogens (primary N) is 1. The lowest BCUT2D eigenvalue weighted by molar-refractivity contribution is 0.611. The van der Waals surface area contributed by atoms with Crippen LogP contribution in [0.15, 0.2) is 29.3 Å². The standard InChI is InChI=1S/C17H28N4/c18-11-3-4-12-19-13-6-14-20-17-10-5-8-15-7-1-2-9-16(15)21-17/h1-2,7,9,19H,3-6,8,10-14,18H2,(H,20,21). The average Bonchev–Trinajstić information content (AvgIpc) is 2.71. The SMILES string of the molecule is NCCCCNCCCN=C1CCCc2ccccc2N1. The van der Waals surface area contributed by atoms with E-state index in [0.29, 0.717) is 0 Å². The Balaban J connectivity index is 1.68. The number of fused-ring (bicyclic) bond motifs is 1. The van der Waals surface area contributed by atoms with Gasteiger partial charge in [-0.1, -0.05) is 18.2 Å². The van der Waals surface area contributed by atoms with Crippen molar-refractivity contribution >= 4 is 11.5 Å². The number of para-hydroxylation sites is 1. The molecule has 0 unspecified atom stereocenters. The summed E-state index contributed by atoms with van der Waals surface area (Å²) in [4.78, 5) is 4.72. The largest absolute Gasteiger partial charge is 0.344 e. The summed E-state index contributed by atoms with van der Waals surface area (Å²) in [5.74, 6) is 1.14. The van der Waals surface area contributed by atoms with Gasteiger partial charge in [-0.3, -0.25) is 4.99 Å². The molecule has 0 atom stereocenters. The van der Waals surface area contributed by atoms with Gasteiger partial charge in [-0.15, -0.1) is 0 Å². The number of amidine groups is 1. The molecule has 1 aromatic rings. The van der Waals surface area contributed by atoms with Crippen LogP contribution in [0.4, 0.5) is 5.69 Å². The number of hydrogen-bond acceptors (Lipinski definition) is 3. The number of unbranched alkanes of at least 4 members (excludes halogenated alkanes) is 1. The molecule has 0 amide bonds. The smallest absolute Gasteiger partial charge is 0.101 e. The number of nitrogens with one attached hydrogen (secondary N) is 2. The van der Waals surface area contributed by atoms with Crippen LogP contribution in [0.3, 0.4) is 0 Å². The first-order chi connectivity index (χ1) is 10.4. The zero-order chi connectivity index (χ0) is 14.8. The van der Waals surface area contributed by atoms with E-state index < -0.39 is 0 Å². The molecule has 0 bridgehead atoms. The summed E-state index contributed by atoms with van der Waals surface area (Å²) in [6.45, 7) is 3.80. The third kappa shape index (κ3) is 5.86. The van der Waals surface area contributed by atoms with Gasteiger partial charge in [-0.05, 0) is 63.4 Å². The second-order valence-electron chi connectivity index (χ2n) is 5.56. The number of aryl methyl sites for hydroxylation is 1. The quantitative estimate of drug-likeness (QED) is 0.644. The molecule has 21 heavy (non-hydrogen) atoms. The van der Waals surface area contributed by atoms with Crippen molar-refractivity contribution in [3.05, 3.63) is 29.8 Å². The molecule has 0 saturated heterocycles. The molecular formula is C17H28N4. The Kier molecular flexibility index (Phi) is 7.25. The first-order valence-corrected chi connectivity index (χ1v) is 8.19. The van der Waals surface area contributed by atoms with E-state index in [1.54, 1.807) is 0 Å². The Hall–Kier alpha value is -1.39. The highest BCUT2D eigenvalue weighted by molar-refractivity contribution is 5.96. The molecule has 1 aliphatic heterocycles. The second-order valence-corrected chi connectivity index (χ2v) is 5.56. The fourth-order valence-electron chi connectivity index (χ4n) is 2.58. The molecule has 1 heterocycles. The normalized spacial score (nSPS) is 16.3. The molecule has 116 valence electrons. The van der Waals surface area contributed by atoms with Crippen LogP contribution in [0, 0.1) is 0 Å². The second kappa shape index (κ2) is 9.53. The number of aliphatic imine (C=N–C) groups is 1. The topological polar surface area (TPSA) is 62.4 Å². The molecule has 0 aromatic heterocycles. The third-order valence-electron chi connectivity index (χ3n) is 3.78. The molecule has 1 aromatic carbocycles. The van der Waals surface area contributed by atoms with Gasteiger partial charge in [-0.2, -0.15) is 0 Å². The van der Waals surface area contributed by atoms with Crippen LogP contribution in [0.2, 0.25) is 0 Å². The summed E-state index contributed by atoms with van der Waals surface area (Å²) in [7, 11) is 0. The Morgan fingerprint density at radius 1 is 1.10 bits per heavy atom. The Morgan fingerprint density at radius 2 is 1.95 bits per heavy atom. The number of nitrogens with zero attached hydrogens (tertiary/aromatic N) is 1. The van der Waals surface area contributed by atoms with Crippen LogP contribution in [-0.2, 0) is 6.42 Å². The lowest BCUT2D eigenvalue weighted by atomic mass is 10.1. The molecule has 0 fully saturated rings. The zero-order valence-corrected chi connectivity index (χ0v) is 12.9. The highest BCUT2D eigenvalue weighted by Crippen LogP contribution is 2.21. The van der Waals surface area contributed by atoms with Gasteiger partial charge in [-0.25, -0.2) is 0 Å². The van der Waals surface area contributed by atoms with Gasteiger partial charge >= 0.3 is 0 Å². The van der Waals surface area contributed by atoms with Crippen molar-refractivity contribution in [1.82, 2.24) is 5.32 Å². The molecule has 2 rings (SSSR count). The van der Waals surface area contributed by atoms with Crippen molar-refractivity contribution in [3.63, 3.8) is 0 Å². The molecule has 0 spiro atoms. The van der Waals surface area contributed by atoms with Crippen molar-refractivity contribution in [2.75, 3.05) is 31.5 Å². The van der Waals surface area contributed by atoms with Crippen molar-refractivity contribution < 1.29 is 0 Å². The molecule has 4 heteroatoms. The van der Waals surface area contributed by atoms with E-state index in [-0.39, 0.29) is 0 Å². The highest BCUT2D eigenvalue weighted by Gasteiger charge is 2.10. The number of anilines is 1. The van der Waals surface area contributed by atoms with Crippen molar-refractivity contribution in [1.29, 1.82) is 0 Å². The number of benzene rings is 1. The van der Waals surface area contributed by atoms with Crippen molar-refractivity contribution in [3.8, 4) is 0 Å². The predicted molar refractivity (Wildman–Crippen MR) is 91.1 cm³/mol. The monoisotopic (exact) mass is 288 g/mol. The van der Waals surface area contributed by atoms with E-state index in [2.05, 4.69) is 34.9 Å². The van der Waals surface area contributed by atoms with E-state index in [1.807, 2.05) is 0 Å². The van der Waals surface area contributed by atoms with E-state index in [9.17, 15) is 0 Å². The summed E-state index contributed by atoms with van der Waals surface area (Å²) < 4.78 is 0. The van der Waals surface area contributed by atoms with E-state index >= 15 is 0 Å². The first-order valence-electron chi connectivity index (χ1n) is 8.19. The summed E-state index contributed by atoms with van der Waals surface area (Å²) in [6, 6.07) is 8.55. The van der Waals surface area contributed by atoms with E-state index in [4.69, 9.17) is 10.7 Å². The summed E-state index contributed by atoms with van der Waals surface area (Å²) >= 11 is 0. The highest BCUT2D eigenvalue weighted by atomic mass is 15.0. The fourth-order valence-corrected chi connectivity index (χ4v) is 2.58. The van der Waals surface area contributed by atoms with E-state index in [1.165, 1.54) is 24.1 Å². The minimum absolute atomic E-state index is 0.794. The molecule has 4 N–H and O–H groups in total. The summed E-state index contributed by atoms with van der Waals surface area (Å²) in [5, 5.41) is 6.93. The third-order valence-corrected chi connectivity index (χ3v) is 3.78. The lowest BCUT2D eigenvalue weighted by Crippen LogP contribution is -2.19. The Morgan fingerprint density at radius 3 is 2.86 bits per heavy atom. The Bertz CT molecular complexity index is 442. The fraction of sp³-hybridized carbons (Fsp3) is 0.588. The maximum absolute atomic E-state index is 5.47. The van der Waals surface area contributed by atoms with Crippen LogP contribution in [0.25, 0.3) is 0 Å². The van der Waals surface area contributed by atoms with Crippen LogP contribution in [-0.4, -0.2) is 32.0 Å². The molecule has 4 nitrogen and oxygen atoms in total. The van der Waals surface area contributed by atoms with Crippen LogP contribution in [0.5, 0.6) is 0 Å². The van der Waals surface area contributed by atoms with Gasteiger partial charge in [0, 0.05) is 18.7 Å². The summed E-state index contributed by atoms with van der Waals surface area (Å²) in [6.07, 6.45) is 6.75. The summed E-state index contributed by atoms with van der Waals surface area (Å²) in [5.41, 5.74) is 8.10. The van der Waals surface area contributed by atoms with Crippen LogP contribution < -0.4 is 16.4 Å². The van der Waals surface area contributed by atoms with Gasteiger partial charge in [0.2, 0.25) is 0 Å². The number of rotatable bonds is 8. The first kappa shape index (κ1) is 16.0. The maximum Gasteiger partial charge on any atom is 0.101 e. The van der Waals surface area contributed by atoms with Gasteiger partial charge in [0.1, 0.15) is 5.84 Å². The van der Waals surface area contributed by atoms with Crippen LogP contribution >= 0.6 is 0 Å². The predicted octanol–water partition coefficient (Wildman–Crippen LogP) is 2.55.